The van der Waals surface area contributed by atoms with E-state index < -0.39 is 41.1 Å². The second-order valence-corrected chi connectivity index (χ2v) is 2.30. The van der Waals surface area contributed by atoms with Crippen molar-refractivity contribution in [2.75, 3.05) is 0 Å². The molecule has 1 fully saturated rings. The van der Waals surface area contributed by atoms with E-state index in [2.05, 4.69) is 9.78 Å². The molecule has 1 heterocycles. The topological polar surface area (TPSA) is 42.1 Å². The minimum Gasteiger partial charge on any atom is -0.200 e. The van der Waals surface area contributed by atoms with Crippen LogP contribution in [0, 0.1) is 34.9 Å². The molecule has 0 spiro atoms. The molecule has 0 unspecified atom stereocenters. The first-order chi connectivity index (χ1) is 7.36. The third-order valence-corrected chi connectivity index (χ3v) is 1.31. The molecule has 0 N–H and O–H groups in total. The molecule has 0 aliphatic carbocycles. The minimum absolute atomic E-state index is 0.583. The van der Waals surface area contributed by atoms with Crippen molar-refractivity contribution in [1.29, 1.82) is 0 Å². The van der Waals surface area contributed by atoms with E-state index >= 15 is 0 Å². The Hall–Kier alpha value is -1.93. The van der Waals surface area contributed by atoms with Gasteiger partial charge in [0, 0.05) is 0 Å². The molecule has 1 aliphatic rings. The summed E-state index contributed by atoms with van der Waals surface area (Å²) in [5, 5.41) is 0. The van der Waals surface area contributed by atoms with E-state index in [-0.39, 0.29) is 0 Å². The molecule has 0 saturated carbocycles. The maximum absolute atomic E-state index is 12.0. The highest BCUT2D eigenvalue weighted by atomic mass is 19.2. The van der Waals surface area contributed by atoms with Gasteiger partial charge in [0.15, 0.2) is 0 Å². The predicted octanol–water partition coefficient (Wildman–Crippen LogP) is 2.59. The monoisotopic (exact) mass is 246 g/mol. The largest absolute Gasteiger partial charge is 0.592 e. The lowest BCUT2D eigenvalue weighted by molar-refractivity contribution is 0.0850. The number of benzene rings is 1. The Morgan fingerprint density at radius 1 is 0.562 bits per heavy atom. The molecule has 0 aromatic heterocycles. The number of halogens is 6. The van der Waals surface area contributed by atoms with Crippen molar-refractivity contribution in [3.05, 3.63) is 34.9 Å². The van der Waals surface area contributed by atoms with E-state index in [1.807, 2.05) is 0 Å². The van der Waals surface area contributed by atoms with Crippen LogP contribution >= 0.6 is 0 Å². The van der Waals surface area contributed by atoms with Crippen LogP contribution in [0.3, 0.4) is 0 Å². The van der Waals surface area contributed by atoms with Gasteiger partial charge in [-0.05, 0) is 0 Å². The molecular weight excluding hydrogens is 246 g/mol. The van der Waals surface area contributed by atoms with Crippen LogP contribution in [0.4, 0.5) is 31.1 Å². The lowest BCUT2D eigenvalue weighted by atomic mass is 10.3. The van der Waals surface area contributed by atoms with Crippen LogP contribution in [0.1, 0.15) is 0 Å². The summed E-state index contributed by atoms with van der Waals surface area (Å²) in [6.07, 6.45) is -0.583. The highest BCUT2D eigenvalue weighted by molar-refractivity contribution is 5.66. The summed E-state index contributed by atoms with van der Waals surface area (Å²) >= 11 is 0. The van der Waals surface area contributed by atoms with E-state index in [1.165, 1.54) is 0 Å². The molecular formula is C7F6O3. The van der Waals surface area contributed by atoms with Crippen LogP contribution in [0.15, 0.2) is 0 Å². The molecule has 0 atom stereocenters. The van der Waals surface area contributed by atoms with Gasteiger partial charge >= 0.3 is 6.16 Å². The number of hydrogen-bond donors (Lipinski definition) is 0. The van der Waals surface area contributed by atoms with Crippen molar-refractivity contribution >= 4 is 6.16 Å². The number of rotatable bonds is 0. The van der Waals surface area contributed by atoms with E-state index in [0.29, 0.717) is 0 Å². The van der Waals surface area contributed by atoms with Crippen molar-refractivity contribution in [3.63, 3.8) is 0 Å². The zero-order valence-electron chi connectivity index (χ0n) is 6.99. The Balaban J connectivity index is 0.000000267. The fourth-order valence-corrected chi connectivity index (χ4v) is 0.595. The molecule has 2 rings (SSSR count). The lowest BCUT2D eigenvalue weighted by Gasteiger charge is -1.99. The Morgan fingerprint density at radius 2 is 0.688 bits per heavy atom. The van der Waals surface area contributed by atoms with Crippen molar-refractivity contribution in [1.82, 2.24) is 0 Å². The van der Waals surface area contributed by atoms with E-state index in [9.17, 15) is 26.3 Å². The summed E-state index contributed by atoms with van der Waals surface area (Å²) in [4.78, 5) is 16.2. The predicted molar refractivity (Wildman–Crippen MR) is 33.8 cm³/mol. The second kappa shape index (κ2) is 4.29. The molecule has 16 heavy (non-hydrogen) atoms. The molecule has 88 valence electrons. The van der Waals surface area contributed by atoms with Crippen molar-refractivity contribution < 1.29 is 40.9 Å². The van der Waals surface area contributed by atoms with Gasteiger partial charge in [-0.25, -0.2) is 26.3 Å². The summed E-state index contributed by atoms with van der Waals surface area (Å²) < 4.78 is 72.2. The molecule has 0 amide bonds. The van der Waals surface area contributed by atoms with Gasteiger partial charge in [0.25, 0.3) is 0 Å². The zero-order chi connectivity index (χ0) is 12.5. The van der Waals surface area contributed by atoms with Gasteiger partial charge in [-0.3, -0.25) is 0 Å². The average Bonchev–Trinajstić information content (AvgIpc) is 3.04. The zero-order valence-corrected chi connectivity index (χ0v) is 6.99. The standard InChI is InChI=1S/C6F6.CO3/c7-1-2(8)4(10)6(12)5(11)3(1)9;2-1-3-4-1. The van der Waals surface area contributed by atoms with Crippen LogP contribution in [-0.4, -0.2) is 6.16 Å². The molecule has 1 saturated heterocycles. The van der Waals surface area contributed by atoms with Gasteiger partial charge in [0.2, 0.25) is 34.9 Å². The average molecular weight is 246 g/mol. The Bertz CT molecular complexity index is 335. The van der Waals surface area contributed by atoms with E-state index in [1.54, 1.807) is 0 Å². The summed E-state index contributed by atoms with van der Waals surface area (Å²) in [7, 11) is 0. The SMILES string of the molecule is Fc1c(F)c(F)c(F)c(F)c1F.O=C1OO1. The molecule has 0 radical (unpaired) electrons. The fourth-order valence-electron chi connectivity index (χ4n) is 0.595. The van der Waals surface area contributed by atoms with E-state index in [0.717, 1.165) is 0 Å². The molecule has 3 nitrogen and oxygen atoms in total. The second-order valence-electron chi connectivity index (χ2n) is 2.30. The Kier molecular flexibility index (Phi) is 3.25. The van der Waals surface area contributed by atoms with E-state index in [4.69, 9.17) is 4.79 Å². The van der Waals surface area contributed by atoms with Crippen LogP contribution < -0.4 is 0 Å². The quantitative estimate of drug-likeness (QED) is 0.232. The van der Waals surface area contributed by atoms with Gasteiger partial charge in [-0.2, -0.15) is 14.6 Å². The number of hydrogen-bond acceptors (Lipinski definition) is 3. The van der Waals surface area contributed by atoms with Gasteiger partial charge < -0.3 is 0 Å². The van der Waals surface area contributed by atoms with Crippen LogP contribution in [0.25, 0.3) is 0 Å². The van der Waals surface area contributed by atoms with Crippen molar-refractivity contribution in [2.45, 2.75) is 0 Å². The van der Waals surface area contributed by atoms with Gasteiger partial charge in [0.1, 0.15) is 0 Å². The Labute approximate surface area is 83.1 Å². The maximum atomic E-state index is 12.0. The fraction of sp³-hybridized carbons (Fsp3) is 0. The first-order valence-corrected chi connectivity index (χ1v) is 3.41. The molecule has 1 aromatic rings. The summed E-state index contributed by atoms with van der Waals surface area (Å²) in [6.45, 7) is 0. The first kappa shape index (κ1) is 12.1. The highest BCUT2D eigenvalue weighted by Gasteiger charge is 2.25. The van der Waals surface area contributed by atoms with Crippen LogP contribution in [0.2, 0.25) is 0 Å². The third kappa shape index (κ3) is 2.35. The van der Waals surface area contributed by atoms with Crippen LogP contribution in [0.5, 0.6) is 0 Å². The van der Waals surface area contributed by atoms with Gasteiger partial charge in [0.05, 0.1) is 0 Å². The lowest BCUT2D eigenvalue weighted by Crippen LogP contribution is -2.04. The Morgan fingerprint density at radius 3 is 0.750 bits per heavy atom. The number of carbonyl (C=O) groups is 1. The van der Waals surface area contributed by atoms with Gasteiger partial charge in [-0.1, -0.05) is 0 Å². The van der Waals surface area contributed by atoms with Crippen LogP contribution in [-0.2, 0) is 9.78 Å². The molecule has 1 aromatic carbocycles. The summed E-state index contributed by atoms with van der Waals surface area (Å²) in [5.41, 5.74) is 0. The third-order valence-electron chi connectivity index (χ3n) is 1.31. The van der Waals surface area contributed by atoms with Crippen molar-refractivity contribution in [2.24, 2.45) is 0 Å². The first-order valence-electron chi connectivity index (χ1n) is 3.41. The molecule has 0 bridgehead atoms. The normalized spacial score (nSPS) is 12.2. The van der Waals surface area contributed by atoms with Gasteiger partial charge in [-0.15, -0.1) is 0 Å². The molecule has 1 aliphatic heterocycles. The number of carbonyl (C=O) groups excluding carboxylic acids is 1. The van der Waals surface area contributed by atoms with Crippen molar-refractivity contribution in [3.8, 4) is 0 Å². The summed E-state index contributed by atoms with van der Waals surface area (Å²) in [6, 6.07) is 0. The minimum atomic E-state index is -2.37. The smallest absolute Gasteiger partial charge is 0.200 e. The molecule has 9 heteroatoms. The highest BCUT2D eigenvalue weighted by Crippen LogP contribution is 2.20. The maximum Gasteiger partial charge on any atom is 0.592 e. The summed E-state index contributed by atoms with van der Waals surface area (Å²) in [5.74, 6) is -14.2.